The lowest BCUT2D eigenvalue weighted by Crippen LogP contribution is -2.32. The molecule has 0 atom stereocenters. The SMILES string of the molecule is O=C(NC1CCCC1)c1ccc2c(c1)CCN2C(=O)C1CC1. The zero-order valence-electron chi connectivity index (χ0n) is 12.8. The van der Waals surface area contributed by atoms with Crippen LogP contribution in [0.3, 0.4) is 0 Å². The van der Waals surface area contributed by atoms with E-state index in [-0.39, 0.29) is 17.7 Å². The Balaban J connectivity index is 1.49. The largest absolute Gasteiger partial charge is 0.349 e. The van der Waals surface area contributed by atoms with Gasteiger partial charge in [-0.3, -0.25) is 9.59 Å². The van der Waals surface area contributed by atoms with Crippen molar-refractivity contribution < 1.29 is 9.59 Å². The van der Waals surface area contributed by atoms with E-state index in [0.29, 0.717) is 6.04 Å². The molecule has 2 aliphatic carbocycles. The molecule has 0 saturated heterocycles. The molecule has 0 unspecified atom stereocenters. The highest BCUT2D eigenvalue weighted by Gasteiger charge is 2.36. The molecule has 2 saturated carbocycles. The van der Waals surface area contributed by atoms with Crippen LogP contribution in [0, 0.1) is 5.92 Å². The smallest absolute Gasteiger partial charge is 0.251 e. The fourth-order valence-corrected chi connectivity index (χ4v) is 3.66. The number of nitrogens with one attached hydrogen (secondary N) is 1. The fourth-order valence-electron chi connectivity index (χ4n) is 3.66. The summed E-state index contributed by atoms with van der Waals surface area (Å²) in [6, 6.07) is 6.13. The quantitative estimate of drug-likeness (QED) is 0.932. The zero-order chi connectivity index (χ0) is 15.1. The van der Waals surface area contributed by atoms with Crippen LogP contribution >= 0.6 is 0 Å². The van der Waals surface area contributed by atoms with Crippen molar-refractivity contribution in [1.82, 2.24) is 5.32 Å². The third-order valence-corrected chi connectivity index (χ3v) is 5.12. The second kappa shape index (κ2) is 5.41. The minimum Gasteiger partial charge on any atom is -0.349 e. The van der Waals surface area contributed by atoms with Gasteiger partial charge in [0.15, 0.2) is 0 Å². The number of carbonyl (C=O) groups excluding carboxylic acids is 2. The molecule has 1 aromatic carbocycles. The molecule has 4 nitrogen and oxygen atoms in total. The van der Waals surface area contributed by atoms with Crippen molar-refractivity contribution in [3.8, 4) is 0 Å². The van der Waals surface area contributed by atoms with E-state index in [4.69, 9.17) is 0 Å². The van der Waals surface area contributed by atoms with E-state index in [2.05, 4.69) is 5.32 Å². The Kier molecular flexibility index (Phi) is 3.40. The number of anilines is 1. The second-order valence-electron chi connectivity index (χ2n) is 6.81. The Hall–Kier alpha value is -1.84. The molecule has 0 radical (unpaired) electrons. The van der Waals surface area contributed by atoms with Gasteiger partial charge >= 0.3 is 0 Å². The van der Waals surface area contributed by atoms with Crippen molar-refractivity contribution in [1.29, 1.82) is 0 Å². The molecule has 0 spiro atoms. The van der Waals surface area contributed by atoms with E-state index in [1.165, 1.54) is 12.8 Å². The summed E-state index contributed by atoms with van der Waals surface area (Å²) >= 11 is 0. The molecule has 0 bridgehead atoms. The van der Waals surface area contributed by atoms with Crippen LogP contribution in [0.15, 0.2) is 18.2 Å². The molecule has 1 aromatic rings. The first-order valence-corrected chi connectivity index (χ1v) is 8.47. The van der Waals surface area contributed by atoms with Gasteiger partial charge in [-0.15, -0.1) is 0 Å². The fraction of sp³-hybridized carbons (Fsp3) is 0.556. The van der Waals surface area contributed by atoms with Crippen molar-refractivity contribution >= 4 is 17.5 Å². The highest BCUT2D eigenvalue weighted by Crippen LogP contribution is 2.36. The molecule has 1 N–H and O–H groups in total. The Bertz CT molecular complexity index is 616. The minimum atomic E-state index is 0.0293. The van der Waals surface area contributed by atoms with Crippen LogP contribution in [-0.2, 0) is 11.2 Å². The Morgan fingerprint density at radius 3 is 2.59 bits per heavy atom. The summed E-state index contributed by atoms with van der Waals surface area (Å²) in [5.74, 6) is 0.542. The van der Waals surface area contributed by atoms with Crippen molar-refractivity contribution in [2.24, 2.45) is 5.92 Å². The third kappa shape index (κ3) is 2.51. The summed E-state index contributed by atoms with van der Waals surface area (Å²) in [4.78, 5) is 26.5. The highest BCUT2D eigenvalue weighted by molar-refractivity contribution is 6.00. The van der Waals surface area contributed by atoms with Gasteiger partial charge in [-0.2, -0.15) is 0 Å². The lowest BCUT2D eigenvalue weighted by atomic mass is 10.1. The first-order valence-electron chi connectivity index (χ1n) is 8.47. The van der Waals surface area contributed by atoms with Crippen LogP contribution in [0.2, 0.25) is 0 Å². The van der Waals surface area contributed by atoms with Gasteiger partial charge in [0, 0.05) is 29.8 Å². The average Bonchev–Trinajstić information content (AvgIpc) is 3.09. The maximum Gasteiger partial charge on any atom is 0.251 e. The summed E-state index contributed by atoms with van der Waals surface area (Å²) in [5.41, 5.74) is 2.87. The molecule has 1 aliphatic heterocycles. The number of fused-ring (bicyclic) bond motifs is 1. The summed E-state index contributed by atoms with van der Waals surface area (Å²) < 4.78 is 0. The van der Waals surface area contributed by atoms with Gasteiger partial charge in [0.2, 0.25) is 5.91 Å². The first-order chi connectivity index (χ1) is 10.7. The summed E-state index contributed by atoms with van der Waals surface area (Å²) in [6.45, 7) is 0.762. The van der Waals surface area contributed by atoms with Crippen LogP contribution < -0.4 is 10.2 Å². The number of benzene rings is 1. The van der Waals surface area contributed by atoms with E-state index in [0.717, 1.165) is 55.5 Å². The molecular weight excluding hydrogens is 276 g/mol. The van der Waals surface area contributed by atoms with E-state index in [1.807, 2.05) is 23.1 Å². The lowest BCUT2D eigenvalue weighted by molar-refractivity contribution is -0.119. The predicted molar refractivity (Wildman–Crippen MR) is 84.9 cm³/mol. The molecule has 4 rings (SSSR count). The maximum absolute atomic E-state index is 12.3. The minimum absolute atomic E-state index is 0.0293. The predicted octanol–water partition coefficient (Wildman–Crippen LogP) is 2.66. The molecule has 4 heteroatoms. The monoisotopic (exact) mass is 298 g/mol. The van der Waals surface area contributed by atoms with Crippen LogP contribution in [-0.4, -0.2) is 24.4 Å². The lowest BCUT2D eigenvalue weighted by Gasteiger charge is -2.17. The summed E-state index contributed by atoms with van der Waals surface area (Å²) in [7, 11) is 0. The van der Waals surface area contributed by atoms with Gasteiger partial charge in [0.1, 0.15) is 0 Å². The van der Waals surface area contributed by atoms with Crippen LogP contribution in [0.5, 0.6) is 0 Å². The number of hydrogen-bond acceptors (Lipinski definition) is 2. The third-order valence-electron chi connectivity index (χ3n) is 5.12. The van der Waals surface area contributed by atoms with E-state index < -0.39 is 0 Å². The molecule has 22 heavy (non-hydrogen) atoms. The van der Waals surface area contributed by atoms with Crippen LogP contribution in [0.4, 0.5) is 5.69 Å². The molecule has 1 heterocycles. The van der Waals surface area contributed by atoms with Gasteiger partial charge < -0.3 is 10.2 Å². The van der Waals surface area contributed by atoms with E-state index >= 15 is 0 Å². The van der Waals surface area contributed by atoms with Crippen LogP contribution in [0.25, 0.3) is 0 Å². The molecule has 2 amide bonds. The normalized spacial score (nSPS) is 21.0. The van der Waals surface area contributed by atoms with E-state index in [9.17, 15) is 9.59 Å². The number of hydrogen-bond donors (Lipinski definition) is 1. The Labute approximate surface area is 130 Å². The molecule has 3 aliphatic rings. The zero-order valence-corrected chi connectivity index (χ0v) is 12.8. The highest BCUT2D eigenvalue weighted by atomic mass is 16.2. The number of nitrogens with zero attached hydrogens (tertiary/aromatic N) is 1. The average molecular weight is 298 g/mol. The van der Waals surface area contributed by atoms with Crippen molar-refractivity contribution in [2.75, 3.05) is 11.4 Å². The van der Waals surface area contributed by atoms with Crippen molar-refractivity contribution in [3.05, 3.63) is 29.3 Å². The van der Waals surface area contributed by atoms with Crippen LogP contribution in [0.1, 0.15) is 54.4 Å². The van der Waals surface area contributed by atoms with Gasteiger partial charge in [-0.25, -0.2) is 0 Å². The summed E-state index contributed by atoms with van der Waals surface area (Å²) in [6.07, 6.45) is 7.55. The second-order valence-corrected chi connectivity index (χ2v) is 6.81. The van der Waals surface area contributed by atoms with E-state index in [1.54, 1.807) is 0 Å². The first kappa shape index (κ1) is 13.8. The summed E-state index contributed by atoms with van der Waals surface area (Å²) in [5, 5.41) is 3.13. The van der Waals surface area contributed by atoms with Crippen molar-refractivity contribution in [2.45, 2.75) is 51.0 Å². The number of rotatable bonds is 3. The Morgan fingerprint density at radius 1 is 1.09 bits per heavy atom. The maximum atomic E-state index is 12.3. The topological polar surface area (TPSA) is 49.4 Å². The molecule has 116 valence electrons. The number of amides is 2. The van der Waals surface area contributed by atoms with Gasteiger partial charge in [0.05, 0.1) is 0 Å². The standard InChI is InChI=1S/C18H22N2O2/c21-17(19-15-3-1-2-4-15)14-7-8-16-13(11-14)9-10-20(16)18(22)12-5-6-12/h7-8,11-12,15H,1-6,9-10H2,(H,19,21). The molecular formula is C18H22N2O2. The van der Waals surface area contributed by atoms with Crippen molar-refractivity contribution in [3.63, 3.8) is 0 Å². The Morgan fingerprint density at radius 2 is 1.86 bits per heavy atom. The van der Waals surface area contributed by atoms with Gasteiger partial charge in [0.25, 0.3) is 5.91 Å². The van der Waals surface area contributed by atoms with Gasteiger partial charge in [-0.05, 0) is 55.9 Å². The molecule has 0 aromatic heterocycles. The van der Waals surface area contributed by atoms with Gasteiger partial charge in [-0.1, -0.05) is 12.8 Å². The molecule has 2 fully saturated rings. The number of carbonyl (C=O) groups is 2.